The second-order valence-electron chi connectivity index (χ2n) is 1.75. The van der Waals surface area contributed by atoms with Gasteiger partial charge in [0.2, 0.25) is 0 Å². The van der Waals surface area contributed by atoms with E-state index in [1.165, 1.54) is 0 Å². The van der Waals surface area contributed by atoms with Crippen molar-refractivity contribution in [2.45, 2.75) is 0 Å². The molecule has 2 N–H and O–H groups in total. The lowest BCUT2D eigenvalue weighted by Gasteiger charge is -2.09. The van der Waals surface area contributed by atoms with Crippen LogP contribution in [-0.4, -0.2) is 18.8 Å². The second kappa shape index (κ2) is 2.15. The summed E-state index contributed by atoms with van der Waals surface area (Å²) < 4.78 is 1.75. The van der Waals surface area contributed by atoms with E-state index in [9.17, 15) is 0 Å². The zero-order valence-electron chi connectivity index (χ0n) is 5.03. The van der Waals surface area contributed by atoms with Crippen LogP contribution in [0, 0.1) is 0 Å². The Kier molecular flexibility index (Phi) is 1.30. The Morgan fingerprint density at radius 2 is 2.50 bits per heavy atom. The van der Waals surface area contributed by atoms with Crippen LogP contribution < -0.4 is 5.73 Å². The zero-order valence-corrected chi connectivity index (χ0v) is 7.19. The van der Waals surface area contributed by atoms with E-state index in [4.69, 9.17) is 5.73 Å². The van der Waals surface area contributed by atoms with E-state index < -0.39 is 0 Å². The topological polar surface area (TPSA) is 54.0 Å². The minimum absolute atomic E-state index is 0.261. The smallest absolute Gasteiger partial charge is 0.189 e. The number of hydrazone groups is 1. The van der Waals surface area contributed by atoms with E-state index >= 15 is 0 Å². The second-order valence-corrected chi connectivity index (χ2v) is 4.36. The Morgan fingerprint density at radius 1 is 1.60 bits per heavy atom. The van der Waals surface area contributed by atoms with Crippen molar-refractivity contribution in [1.29, 1.82) is 0 Å². The van der Waals surface area contributed by atoms with Gasteiger partial charge in [0.25, 0.3) is 0 Å². The van der Waals surface area contributed by atoms with E-state index in [-0.39, 0.29) is 20.7 Å². The van der Waals surface area contributed by atoms with Crippen LogP contribution in [0.4, 0.5) is 0 Å². The summed E-state index contributed by atoms with van der Waals surface area (Å²) in [5.41, 5.74) is 5.52. The van der Waals surface area contributed by atoms with E-state index in [1.807, 2.05) is 12.3 Å². The summed E-state index contributed by atoms with van der Waals surface area (Å²) in [5, 5.41) is 5.79. The first-order valence-electron chi connectivity index (χ1n) is 2.72. The fourth-order valence-corrected chi connectivity index (χ4v) is 2.35. The molecular weight excluding hydrogens is 243 g/mol. The van der Waals surface area contributed by atoms with Gasteiger partial charge in [0.15, 0.2) is 7.60 Å². The van der Waals surface area contributed by atoms with Gasteiger partial charge in [-0.25, -0.2) is 10.0 Å². The van der Waals surface area contributed by atoms with Crippen LogP contribution in [0.25, 0.3) is 0 Å². The third kappa shape index (κ3) is 0.859. The van der Waals surface area contributed by atoms with Crippen molar-refractivity contribution in [2.75, 3.05) is 0 Å². The molecule has 0 aromatic heterocycles. The molecule has 0 saturated heterocycles. The molecule has 0 bridgehead atoms. The van der Waals surface area contributed by atoms with Gasteiger partial charge in [-0.05, 0) is 6.08 Å². The number of amidine groups is 1. The summed E-state index contributed by atoms with van der Waals surface area (Å²) >= 11 is -0.261. The third-order valence-electron chi connectivity index (χ3n) is 1.07. The molecule has 52 valence electrons. The molecule has 10 heavy (non-hydrogen) atoms. The lowest BCUT2D eigenvalue weighted by Crippen LogP contribution is -2.16. The molecule has 2 heterocycles. The molecule has 2 aliphatic rings. The van der Waals surface area contributed by atoms with Crippen molar-refractivity contribution < 1.29 is 0 Å². The molecule has 0 aromatic rings. The summed E-state index contributed by atoms with van der Waals surface area (Å²) in [7, 11) is 0. The van der Waals surface area contributed by atoms with Crippen molar-refractivity contribution >= 4 is 34.5 Å². The van der Waals surface area contributed by atoms with Crippen LogP contribution >= 0.6 is 20.7 Å². The van der Waals surface area contributed by atoms with Gasteiger partial charge in [0.05, 0.1) is 0 Å². The Balaban J connectivity index is 2.40. The highest BCUT2D eigenvalue weighted by molar-refractivity contribution is 14.2. The fraction of sp³-hybridized carbons (Fsp3) is 0. The SMILES string of the molecule is NC1=NN2C=CC=NC2=I1. The quantitative estimate of drug-likeness (QED) is 0.491. The van der Waals surface area contributed by atoms with Gasteiger partial charge < -0.3 is 5.73 Å². The maximum Gasteiger partial charge on any atom is 0.189 e. The molecule has 0 unspecified atom stereocenters. The standard InChI is InChI=1S/C5H5IN4/c7-4-6-5-8-2-1-3-10(5)9-4/h1-3H,(H2,7,9). The van der Waals surface area contributed by atoms with Crippen molar-refractivity contribution in [3.63, 3.8) is 0 Å². The molecule has 0 radical (unpaired) electrons. The lowest BCUT2D eigenvalue weighted by atomic mass is 10.6. The first-order chi connectivity index (χ1) is 4.86. The molecule has 0 fully saturated rings. The Labute approximate surface area is 67.9 Å². The van der Waals surface area contributed by atoms with Crippen LogP contribution in [0.5, 0.6) is 0 Å². The first-order valence-corrected chi connectivity index (χ1v) is 4.88. The number of nitrogens with zero attached hydrogens (tertiary/aromatic N) is 3. The van der Waals surface area contributed by atoms with E-state index in [0.29, 0.717) is 0 Å². The normalized spacial score (nSPS) is 21.4. The third-order valence-corrected chi connectivity index (χ3v) is 3.09. The minimum Gasteiger partial charge on any atom is -0.377 e. The van der Waals surface area contributed by atoms with Gasteiger partial charge >= 0.3 is 0 Å². The summed E-state index contributed by atoms with van der Waals surface area (Å²) in [6.45, 7) is 0. The number of hydrogen-bond acceptors (Lipinski definition) is 4. The summed E-state index contributed by atoms with van der Waals surface area (Å²) in [6, 6.07) is 0. The number of aliphatic imine (C=N–C) groups is 1. The molecule has 0 aliphatic carbocycles. The number of nitrogens with two attached hydrogens (primary N) is 1. The van der Waals surface area contributed by atoms with Crippen LogP contribution in [-0.2, 0) is 0 Å². The fourth-order valence-electron chi connectivity index (χ4n) is 0.696. The summed E-state index contributed by atoms with van der Waals surface area (Å²) in [4.78, 5) is 4.13. The van der Waals surface area contributed by atoms with Crippen molar-refractivity contribution in [3.8, 4) is 0 Å². The highest BCUT2D eigenvalue weighted by atomic mass is 127. The molecule has 0 spiro atoms. The first kappa shape index (κ1) is 6.02. The van der Waals surface area contributed by atoms with Crippen LogP contribution in [0.1, 0.15) is 0 Å². The number of rotatable bonds is 0. The Hall–Kier alpha value is -0.720. The number of fused-ring (bicyclic) bond motifs is 1. The van der Waals surface area contributed by atoms with E-state index in [0.717, 1.165) is 7.60 Å². The lowest BCUT2D eigenvalue weighted by molar-refractivity contribution is 0.610. The molecule has 2 aliphatic heterocycles. The van der Waals surface area contributed by atoms with Crippen LogP contribution in [0.15, 0.2) is 22.4 Å². The van der Waals surface area contributed by atoms with Gasteiger partial charge in [0.1, 0.15) is 0 Å². The minimum atomic E-state index is -0.261. The van der Waals surface area contributed by atoms with Crippen molar-refractivity contribution in [2.24, 2.45) is 15.8 Å². The average molecular weight is 248 g/mol. The van der Waals surface area contributed by atoms with Gasteiger partial charge in [0, 0.05) is 33.1 Å². The molecular formula is C5H5IN4. The van der Waals surface area contributed by atoms with Crippen LogP contribution in [0.2, 0.25) is 0 Å². The van der Waals surface area contributed by atoms with Crippen LogP contribution in [0.3, 0.4) is 0 Å². The molecule has 5 heteroatoms. The maximum atomic E-state index is 5.52. The highest BCUT2D eigenvalue weighted by Crippen LogP contribution is 2.17. The monoisotopic (exact) mass is 248 g/mol. The predicted molar refractivity (Wildman–Crippen MR) is 50.1 cm³/mol. The van der Waals surface area contributed by atoms with Crippen molar-refractivity contribution in [3.05, 3.63) is 12.3 Å². The van der Waals surface area contributed by atoms with Gasteiger partial charge in [-0.2, -0.15) is 0 Å². The summed E-state index contributed by atoms with van der Waals surface area (Å²) in [6.07, 6.45) is 5.47. The number of allylic oxidation sites excluding steroid dienone is 1. The molecule has 0 aromatic carbocycles. The van der Waals surface area contributed by atoms with Gasteiger partial charge in [-0.15, -0.1) is 5.10 Å². The van der Waals surface area contributed by atoms with Gasteiger partial charge in [-0.3, -0.25) is 0 Å². The Bertz CT molecular complexity index is 275. The summed E-state index contributed by atoms with van der Waals surface area (Å²) in [5.74, 6) is 0. The largest absolute Gasteiger partial charge is 0.377 e. The molecule has 4 nitrogen and oxygen atoms in total. The molecule has 0 amide bonds. The maximum absolute atomic E-state index is 5.52. The Morgan fingerprint density at radius 3 is 3.30 bits per heavy atom. The van der Waals surface area contributed by atoms with E-state index in [2.05, 4.69) is 10.1 Å². The molecule has 2 rings (SSSR count). The molecule has 0 saturated carbocycles. The van der Waals surface area contributed by atoms with Gasteiger partial charge in [-0.1, -0.05) is 0 Å². The number of halogens is 1. The zero-order chi connectivity index (χ0) is 6.97. The predicted octanol–water partition coefficient (Wildman–Crippen LogP) is 0.188. The van der Waals surface area contributed by atoms with Crippen molar-refractivity contribution in [1.82, 2.24) is 5.01 Å². The van der Waals surface area contributed by atoms with E-state index in [1.54, 1.807) is 11.2 Å². The highest BCUT2D eigenvalue weighted by Gasteiger charge is 2.14. The number of hydrogen-bond donors (Lipinski definition) is 1. The average Bonchev–Trinajstić information content (AvgIpc) is 2.27. The molecule has 0 atom stereocenters.